The molecular weight excluding hydrogens is 238 g/mol. The molecule has 0 saturated heterocycles. The number of carbonyl (C=O) groups is 1. The minimum Gasteiger partial charge on any atom is -0.474 e. The average Bonchev–Trinajstić information content (AvgIpc) is 2.37. The van der Waals surface area contributed by atoms with Crippen molar-refractivity contribution >= 4 is 11.6 Å². The van der Waals surface area contributed by atoms with Gasteiger partial charge in [-0.05, 0) is 18.6 Å². The summed E-state index contributed by atoms with van der Waals surface area (Å²) in [4.78, 5) is 21.6. The number of nitro groups is 1. The minimum atomic E-state index is -0.808. The van der Waals surface area contributed by atoms with Crippen LogP contribution in [0.5, 0.6) is 5.75 Å². The predicted molar refractivity (Wildman–Crippen MR) is 65.1 cm³/mol. The lowest BCUT2D eigenvalue weighted by Gasteiger charge is -2.13. The summed E-state index contributed by atoms with van der Waals surface area (Å²) in [6.45, 7) is 1.71. The SMILES string of the molecule is CNC(=O)C(C)Oc1ccc(CN)cc1[N+](=O)[O-]. The number of carbonyl (C=O) groups excluding carboxylic acids is 1. The van der Waals surface area contributed by atoms with Crippen molar-refractivity contribution in [2.75, 3.05) is 7.05 Å². The number of nitrogens with two attached hydrogens (primary N) is 1. The number of nitrogens with one attached hydrogen (secondary N) is 1. The molecular formula is C11H15N3O4. The first kappa shape index (κ1) is 13.9. The van der Waals surface area contributed by atoms with Crippen LogP contribution in [-0.4, -0.2) is 24.0 Å². The van der Waals surface area contributed by atoms with Gasteiger partial charge in [-0.3, -0.25) is 14.9 Å². The third kappa shape index (κ3) is 3.17. The van der Waals surface area contributed by atoms with Gasteiger partial charge in [-0.25, -0.2) is 0 Å². The van der Waals surface area contributed by atoms with Crippen LogP contribution in [0.25, 0.3) is 0 Å². The van der Waals surface area contributed by atoms with E-state index in [9.17, 15) is 14.9 Å². The number of nitrogens with zero attached hydrogens (tertiary/aromatic N) is 1. The Kier molecular flexibility index (Phi) is 4.61. The molecule has 1 unspecified atom stereocenters. The molecule has 0 fully saturated rings. The summed E-state index contributed by atoms with van der Waals surface area (Å²) in [7, 11) is 1.47. The third-order valence-corrected chi connectivity index (χ3v) is 2.38. The van der Waals surface area contributed by atoms with Gasteiger partial charge in [0.05, 0.1) is 4.92 Å². The van der Waals surface area contributed by atoms with Gasteiger partial charge in [-0.2, -0.15) is 0 Å². The summed E-state index contributed by atoms with van der Waals surface area (Å²) >= 11 is 0. The van der Waals surface area contributed by atoms with Crippen LogP contribution in [0.15, 0.2) is 18.2 Å². The average molecular weight is 253 g/mol. The molecule has 18 heavy (non-hydrogen) atoms. The van der Waals surface area contributed by atoms with Gasteiger partial charge < -0.3 is 15.8 Å². The predicted octanol–water partition coefficient (Wildman–Crippen LogP) is 0.567. The lowest BCUT2D eigenvalue weighted by atomic mass is 10.2. The molecule has 3 N–H and O–H groups in total. The second-order valence-corrected chi connectivity index (χ2v) is 3.64. The molecule has 0 saturated carbocycles. The maximum atomic E-state index is 11.3. The largest absolute Gasteiger partial charge is 0.474 e. The number of amides is 1. The molecule has 0 bridgehead atoms. The molecule has 0 radical (unpaired) electrons. The molecule has 0 aliphatic rings. The molecule has 0 spiro atoms. The first-order valence-electron chi connectivity index (χ1n) is 5.35. The van der Waals surface area contributed by atoms with Gasteiger partial charge in [0.25, 0.3) is 5.91 Å². The number of hydrogen-bond acceptors (Lipinski definition) is 5. The highest BCUT2D eigenvalue weighted by Crippen LogP contribution is 2.28. The zero-order valence-electron chi connectivity index (χ0n) is 10.2. The second kappa shape index (κ2) is 5.97. The van der Waals surface area contributed by atoms with Gasteiger partial charge in [-0.15, -0.1) is 0 Å². The molecule has 0 aromatic heterocycles. The van der Waals surface area contributed by atoms with Gasteiger partial charge in [0, 0.05) is 19.7 Å². The van der Waals surface area contributed by atoms with E-state index >= 15 is 0 Å². The van der Waals surface area contributed by atoms with E-state index in [0.717, 1.165) is 0 Å². The van der Waals surface area contributed by atoms with Crippen LogP contribution >= 0.6 is 0 Å². The molecule has 0 aliphatic heterocycles. The van der Waals surface area contributed by atoms with E-state index in [2.05, 4.69) is 5.32 Å². The van der Waals surface area contributed by atoms with Crippen LogP contribution in [-0.2, 0) is 11.3 Å². The highest BCUT2D eigenvalue weighted by atomic mass is 16.6. The standard InChI is InChI=1S/C11H15N3O4/c1-7(11(15)13-2)18-10-4-3-8(6-12)5-9(10)14(16)17/h3-5,7H,6,12H2,1-2H3,(H,13,15). The van der Waals surface area contributed by atoms with Crippen molar-refractivity contribution in [2.24, 2.45) is 5.73 Å². The van der Waals surface area contributed by atoms with Gasteiger partial charge >= 0.3 is 5.69 Å². The summed E-state index contributed by atoms with van der Waals surface area (Å²) in [5.74, 6) is -0.305. The number of nitro benzene ring substituents is 1. The van der Waals surface area contributed by atoms with Crippen molar-refractivity contribution in [3.63, 3.8) is 0 Å². The molecule has 0 heterocycles. The van der Waals surface area contributed by atoms with Crippen LogP contribution in [0.2, 0.25) is 0 Å². The Morgan fingerprint density at radius 2 is 2.28 bits per heavy atom. The lowest BCUT2D eigenvalue weighted by Crippen LogP contribution is -2.33. The van der Waals surface area contributed by atoms with Crippen LogP contribution in [0.3, 0.4) is 0 Å². The Bertz CT molecular complexity index is 462. The quantitative estimate of drug-likeness (QED) is 0.589. The molecule has 1 aromatic rings. The summed E-state index contributed by atoms with van der Waals surface area (Å²) in [5, 5.41) is 13.3. The van der Waals surface area contributed by atoms with E-state index in [-0.39, 0.29) is 23.9 Å². The summed E-state index contributed by atoms with van der Waals surface area (Å²) in [6.07, 6.45) is -0.808. The fourth-order valence-electron chi connectivity index (χ4n) is 1.38. The third-order valence-electron chi connectivity index (χ3n) is 2.38. The van der Waals surface area contributed by atoms with Crippen molar-refractivity contribution in [3.05, 3.63) is 33.9 Å². The maximum Gasteiger partial charge on any atom is 0.311 e. The van der Waals surface area contributed by atoms with Crippen molar-refractivity contribution < 1.29 is 14.5 Å². The van der Waals surface area contributed by atoms with E-state index in [1.165, 1.54) is 26.1 Å². The lowest BCUT2D eigenvalue weighted by molar-refractivity contribution is -0.386. The Morgan fingerprint density at radius 1 is 1.61 bits per heavy atom. The Labute approximate surface area is 104 Å². The van der Waals surface area contributed by atoms with Crippen LogP contribution in [0.4, 0.5) is 5.69 Å². The monoisotopic (exact) mass is 253 g/mol. The fraction of sp³-hybridized carbons (Fsp3) is 0.364. The zero-order valence-corrected chi connectivity index (χ0v) is 10.2. The normalized spacial score (nSPS) is 11.7. The molecule has 1 rings (SSSR count). The van der Waals surface area contributed by atoms with Gasteiger partial charge in [0.1, 0.15) is 0 Å². The van der Waals surface area contributed by atoms with Crippen LogP contribution in [0.1, 0.15) is 12.5 Å². The topological polar surface area (TPSA) is 107 Å². The number of rotatable bonds is 5. The highest BCUT2D eigenvalue weighted by Gasteiger charge is 2.20. The Hall–Kier alpha value is -2.15. The van der Waals surface area contributed by atoms with E-state index in [4.69, 9.17) is 10.5 Å². The Morgan fingerprint density at radius 3 is 2.78 bits per heavy atom. The van der Waals surface area contributed by atoms with Crippen LogP contribution in [0, 0.1) is 10.1 Å². The molecule has 1 aromatic carbocycles. The molecule has 7 nitrogen and oxygen atoms in total. The number of likely N-dealkylation sites (N-methyl/N-ethyl adjacent to an activating group) is 1. The molecule has 1 amide bonds. The Balaban J connectivity index is 3.01. The van der Waals surface area contributed by atoms with Gasteiger partial charge in [0.2, 0.25) is 0 Å². The number of benzene rings is 1. The van der Waals surface area contributed by atoms with Crippen LogP contribution < -0.4 is 15.8 Å². The highest BCUT2D eigenvalue weighted by molar-refractivity contribution is 5.80. The van der Waals surface area contributed by atoms with E-state index < -0.39 is 11.0 Å². The summed E-state index contributed by atoms with van der Waals surface area (Å²) in [5.41, 5.74) is 5.84. The molecule has 0 aliphatic carbocycles. The van der Waals surface area contributed by atoms with E-state index in [1.807, 2.05) is 0 Å². The minimum absolute atomic E-state index is 0.0494. The first-order valence-corrected chi connectivity index (χ1v) is 5.35. The summed E-state index contributed by atoms with van der Waals surface area (Å²) < 4.78 is 5.26. The zero-order chi connectivity index (χ0) is 13.7. The molecule has 1 atom stereocenters. The van der Waals surface area contributed by atoms with Gasteiger partial charge in [-0.1, -0.05) is 6.07 Å². The van der Waals surface area contributed by atoms with Crippen molar-refractivity contribution in [3.8, 4) is 5.75 Å². The maximum absolute atomic E-state index is 11.3. The fourth-order valence-corrected chi connectivity index (χ4v) is 1.38. The molecule has 7 heteroatoms. The number of ether oxygens (including phenoxy) is 1. The van der Waals surface area contributed by atoms with Crippen molar-refractivity contribution in [1.82, 2.24) is 5.32 Å². The van der Waals surface area contributed by atoms with Gasteiger partial charge in [0.15, 0.2) is 11.9 Å². The van der Waals surface area contributed by atoms with Crippen molar-refractivity contribution in [1.29, 1.82) is 0 Å². The number of hydrogen-bond donors (Lipinski definition) is 2. The van der Waals surface area contributed by atoms with E-state index in [1.54, 1.807) is 6.07 Å². The molecule has 98 valence electrons. The smallest absolute Gasteiger partial charge is 0.311 e. The first-order chi connectivity index (χ1) is 8.49. The van der Waals surface area contributed by atoms with E-state index in [0.29, 0.717) is 5.56 Å². The second-order valence-electron chi connectivity index (χ2n) is 3.64. The van der Waals surface area contributed by atoms with Crippen molar-refractivity contribution in [2.45, 2.75) is 19.6 Å². The summed E-state index contributed by atoms with van der Waals surface area (Å²) in [6, 6.07) is 4.41.